The SMILES string of the molecule is Cc1cc(N)nc(SC(C)C(=O)Nc2ccc(F)cc2F)n1. The Balaban J connectivity index is 2.05. The van der Waals surface area contributed by atoms with Gasteiger partial charge in [0, 0.05) is 17.8 Å². The van der Waals surface area contributed by atoms with Crippen LogP contribution in [-0.4, -0.2) is 21.1 Å². The number of aromatic nitrogens is 2. The van der Waals surface area contributed by atoms with Crippen LogP contribution in [-0.2, 0) is 4.79 Å². The average molecular weight is 324 g/mol. The number of rotatable bonds is 4. The van der Waals surface area contributed by atoms with Gasteiger partial charge in [-0.05, 0) is 26.0 Å². The Morgan fingerprint density at radius 3 is 2.68 bits per heavy atom. The maximum absolute atomic E-state index is 13.5. The van der Waals surface area contributed by atoms with Crippen molar-refractivity contribution in [3.05, 3.63) is 41.6 Å². The third-order valence-corrected chi connectivity index (χ3v) is 3.65. The molecule has 1 aromatic heterocycles. The highest BCUT2D eigenvalue weighted by atomic mass is 32.2. The lowest BCUT2D eigenvalue weighted by Gasteiger charge is -2.12. The Labute approximate surface area is 130 Å². The first kappa shape index (κ1) is 16.2. The summed E-state index contributed by atoms with van der Waals surface area (Å²) in [6, 6.07) is 4.56. The van der Waals surface area contributed by atoms with Crippen molar-refractivity contribution >= 4 is 29.2 Å². The zero-order valence-corrected chi connectivity index (χ0v) is 12.7. The van der Waals surface area contributed by atoms with Crippen LogP contribution in [0.25, 0.3) is 0 Å². The zero-order chi connectivity index (χ0) is 16.3. The van der Waals surface area contributed by atoms with Crippen molar-refractivity contribution in [3.63, 3.8) is 0 Å². The second-order valence-electron chi connectivity index (χ2n) is 4.59. The number of carbonyl (C=O) groups excluding carboxylic acids is 1. The molecule has 1 atom stereocenters. The highest BCUT2D eigenvalue weighted by molar-refractivity contribution is 8.00. The quantitative estimate of drug-likeness (QED) is 0.668. The summed E-state index contributed by atoms with van der Waals surface area (Å²) < 4.78 is 26.3. The lowest BCUT2D eigenvalue weighted by Crippen LogP contribution is -2.23. The van der Waals surface area contributed by atoms with Crippen molar-refractivity contribution in [1.82, 2.24) is 9.97 Å². The van der Waals surface area contributed by atoms with Crippen LogP contribution >= 0.6 is 11.8 Å². The molecular formula is C14H14F2N4OS. The molecule has 2 aromatic rings. The number of nitrogens with zero attached hydrogens (tertiary/aromatic N) is 2. The minimum Gasteiger partial charge on any atom is -0.384 e. The molecular weight excluding hydrogens is 310 g/mol. The van der Waals surface area contributed by atoms with Crippen molar-refractivity contribution in [1.29, 1.82) is 0 Å². The first-order valence-electron chi connectivity index (χ1n) is 6.39. The van der Waals surface area contributed by atoms with Gasteiger partial charge in [0.25, 0.3) is 0 Å². The fourth-order valence-electron chi connectivity index (χ4n) is 1.65. The smallest absolute Gasteiger partial charge is 0.237 e. The Morgan fingerprint density at radius 1 is 1.32 bits per heavy atom. The first-order chi connectivity index (χ1) is 10.3. The topological polar surface area (TPSA) is 80.9 Å². The third kappa shape index (κ3) is 4.14. The maximum atomic E-state index is 13.5. The zero-order valence-electron chi connectivity index (χ0n) is 11.9. The summed E-state index contributed by atoms with van der Waals surface area (Å²) in [5, 5.41) is 2.18. The van der Waals surface area contributed by atoms with Crippen LogP contribution in [0.4, 0.5) is 20.3 Å². The van der Waals surface area contributed by atoms with E-state index in [2.05, 4.69) is 15.3 Å². The van der Waals surface area contributed by atoms with E-state index in [1.807, 2.05) is 0 Å². The summed E-state index contributed by atoms with van der Waals surface area (Å²) in [7, 11) is 0. The lowest BCUT2D eigenvalue weighted by molar-refractivity contribution is -0.115. The number of anilines is 2. The molecule has 0 fully saturated rings. The normalized spacial score (nSPS) is 12.0. The summed E-state index contributed by atoms with van der Waals surface area (Å²) >= 11 is 1.10. The van der Waals surface area contributed by atoms with Gasteiger partial charge in [0.2, 0.25) is 5.91 Å². The number of aryl methyl sites for hydroxylation is 1. The summed E-state index contributed by atoms with van der Waals surface area (Å²) in [6.07, 6.45) is 0. The third-order valence-electron chi connectivity index (χ3n) is 2.69. The van der Waals surface area contributed by atoms with E-state index in [9.17, 15) is 13.6 Å². The summed E-state index contributed by atoms with van der Waals surface area (Å²) in [4.78, 5) is 20.2. The summed E-state index contributed by atoms with van der Waals surface area (Å²) in [5.41, 5.74) is 6.23. The largest absolute Gasteiger partial charge is 0.384 e. The maximum Gasteiger partial charge on any atom is 0.237 e. The second-order valence-corrected chi connectivity index (χ2v) is 5.90. The van der Waals surface area contributed by atoms with Gasteiger partial charge in [0.05, 0.1) is 10.9 Å². The molecule has 0 saturated heterocycles. The van der Waals surface area contributed by atoms with Gasteiger partial charge in [-0.15, -0.1) is 0 Å². The minimum atomic E-state index is -0.832. The molecule has 116 valence electrons. The lowest BCUT2D eigenvalue weighted by atomic mass is 10.3. The highest BCUT2D eigenvalue weighted by Crippen LogP contribution is 2.23. The number of amides is 1. The number of halogens is 2. The number of hydrogen-bond donors (Lipinski definition) is 2. The van der Waals surface area contributed by atoms with Crippen LogP contribution < -0.4 is 11.1 Å². The van der Waals surface area contributed by atoms with Gasteiger partial charge in [-0.3, -0.25) is 4.79 Å². The highest BCUT2D eigenvalue weighted by Gasteiger charge is 2.18. The van der Waals surface area contributed by atoms with E-state index >= 15 is 0 Å². The van der Waals surface area contributed by atoms with Crippen LogP contribution in [0.3, 0.4) is 0 Å². The van der Waals surface area contributed by atoms with Crippen LogP contribution in [0.1, 0.15) is 12.6 Å². The molecule has 0 saturated carbocycles. The minimum absolute atomic E-state index is 0.0801. The Bertz CT molecular complexity index is 691. The van der Waals surface area contributed by atoms with Gasteiger partial charge in [-0.1, -0.05) is 11.8 Å². The number of thioether (sulfide) groups is 1. The molecule has 0 bridgehead atoms. The van der Waals surface area contributed by atoms with Crippen molar-refractivity contribution < 1.29 is 13.6 Å². The van der Waals surface area contributed by atoms with Gasteiger partial charge in [-0.2, -0.15) is 0 Å². The molecule has 0 aliphatic rings. The molecule has 2 rings (SSSR count). The number of nitrogens with two attached hydrogens (primary N) is 1. The first-order valence-corrected chi connectivity index (χ1v) is 7.27. The van der Waals surface area contributed by atoms with E-state index < -0.39 is 22.8 Å². The van der Waals surface area contributed by atoms with Crippen molar-refractivity contribution in [2.75, 3.05) is 11.1 Å². The molecule has 1 aromatic carbocycles. The predicted octanol–water partition coefficient (Wildman–Crippen LogP) is 2.76. The van der Waals surface area contributed by atoms with Gasteiger partial charge >= 0.3 is 0 Å². The number of hydrogen-bond acceptors (Lipinski definition) is 5. The molecule has 0 aliphatic carbocycles. The fourth-order valence-corrected chi connectivity index (χ4v) is 2.49. The van der Waals surface area contributed by atoms with E-state index in [4.69, 9.17) is 5.73 Å². The second kappa shape index (κ2) is 6.69. The van der Waals surface area contributed by atoms with Crippen molar-refractivity contribution in [2.24, 2.45) is 0 Å². The van der Waals surface area contributed by atoms with Gasteiger partial charge in [0.1, 0.15) is 17.5 Å². The monoisotopic (exact) mass is 324 g/mol. The van der Waals surface area contributed by atoms with E-state index in [0.29, 0.717) is 22.7 Å². The Kier molecular flexibility index (Phi) is 4.92. The standard InChI is InChI=1S/C14H14F2N4OS/c1-7-5-12(17)20-14(18-7)22-8(2)13(21)19-11-4-3-9(15)6-10(11)16/h3-6,8H,1-2H3,(H,19,21)(H2,17,18,20). The van der Waals surface area contributed by atoms with E-state index in [-0.39, 0.29) is 5.69 Å². The molecule has 1 heterocycles. The average Bonchev–Trinajstić information content (AvgIpc) is 2.40. The summed E-state index contributed by atoms with van der Waals surface area (Å²) in [6.45, 7) is 3.39. The molecule has 8 heteroatoms. The van der Waals surface area contributed by atoms with Crippen LogP contribution in [0.5, 0.6) is 0 Å². The van der Waals surface area contributed by atoms with E-state index in [0.717, 1.165) is 17.8 Å². The van der Waals surface area contributed by atoms with Gasteiger partial charge in [-0.25, -0.2) is 18.7 Å². The predicted molar refractivity (Wildman–Crippen MR) is 81.5 cm³/mol. The van der Waals surface area contributed by atoms with Crippen molar-refractivity contribution in [3.8, 4) is 0 Å². The molecule has 1 amide bonds. The van der Waals surface area contributed by atoms with Crippen LogP contribution in [0.15, 0.2) is 29.4 Å². The Hall–Kier alpha value is -2.22. The molecule has 3 N–H and O–H groups in total. The van der Waals surface area contributed by atoms with Crippen molar-refractivity contribution in [2.45, 2.75) is 24.3 Å². The molecule has 22 heavy (non-hydrogen) atoms. The van der Waals surface area contributed by atoms with E-state index in [1.54, 1.807) is 19.9 Å². The number of carbonyl (C=O) groups is 1. The molecule has 0 spiro atoms. The fraction of sp³-hybridized carbons (Fsp3) is 0.214. The molecule has 1 unspecified atom stereocenters. The molecule has 5 nitrogen and oxygen atoms in total. The molecule has 0 radical (unpaired) electrons. The Morgan fingerprint density at radius 2 is 2.05 bits per heavy atom. The molecule has 0 aliphatic heterocycles. The van der Waals surface area contributed by atoms with Gasteiger partial charge < -0.3 is 11.1 Å². The number of nitrogens with one attached hydrogen (secondary N) is 1. The summed E-state index contributed by atoms with van der Waals surface area (Å²) in [5.74, 6) is -1.67. The number of nitrogen functional groups attached to an aromatic ring is 1. The van der Waals surface area contributed by atoms with Crippen LogP contribution in [0, 0.1) is 18.6 Å². The van der Waals surface area contributed by atoms with Gasteiger partial charge in [0.15, 0.2) is 5.16 Å². The van der Waals surface area contributed by atoms with Crippen LogP contribution in [0.2, 0.25) is 0 Å². The number of benzene rings is 1. The van der Waals surface area contributed by atoms with E-state index in [1.165, 1.54) is 6.07 Å².